The van der Waals surface area contributed by atoms with E-state index in [9.17, 15) is 5.11 Å². The highest BCUT2D eigenvalue weighted by Gasteiger charge is 2.49. The number of hydrogen-bond acceptors (Lipinski definition) is 3. The molecular formula is C18H27NOS. The van der Waals surface area contributed by atoms with Crippen molar-refractivity contribution in [1.82, 2.24) is 4.90 Å². The molecule has 2 saturated heterocycles. The molecule has 0 amide bonds. The highest BCUT2D eigenvalue weighted by molar-refractivity contribution is 8.00. The Bertz CT molecular complexity index is 479. The minimum Gasteiger partial charge on any atom is -0.377 e. The number of hydrogen-bond donors (Lipinski definition) is 1. The second kappa shape index (κ2) is 5.94. The van der Waals surface area contributed by atoms with E-state index in [-0.39, 0.29) is 11.0 Å². The van der Waals surface area contributed by atoms with Gasteiger partial charge in [-0.15, -0.1) is 0 Å². The number of aliphatic hydroxyl groups is 1. The van der Waals surface area contributed by atoms with Gasteiger partial charge in [0.05, 0.1) is 4.75 Å². The summed E-state index contributed by atoms with van der Waals surface area (Å²) in [5.74, 6) is 0.686. The summed E-state index contributed by atoms with van der Waals surface area (Å²) in [6.07, 6.45) is 6.53. The van der Waals surface area contributed by atoms with Crippen molar-refractivity contribution in [3.05, 3.63) is 35.9 Å². The molecule has 2 nitrogen and oxygen atoms in total. The van der Waals surface area contributed by atoms with Crippen LogP contribution in [-0.2, 0) is 0 Å². The Labute approximate surface area is 132 Å². The summed E-state index contributed by atoms with van der Waals surface area (Å²) in [6, 6.07) is 11.6. The van der Waals surface area contributed by atoms with Crippen molar-refractivity contribution in [1.29, 1.82) is 0 Å². The Morgan fingerprint density at radius 2 is 1.90 bits per heavy atom. The molecule has 0 aliphatic carbocycles. The van der Waals surface area contributed by atoms with Gasteiger partial charge in [-0.2, -0.15) is 11.8 Å². The molecule has 0 bridgehead atoms. The zero-order valence-corrected chi connectivity index (χ0v) is 14.1. The standard InChI is InChI=1S/C18H27NOS/c1-13-9-10-16(14-7-5-4-6-8-14)19-15(13)11-12-18(2,21-3)17(19)20/h4-8,13,15-17,20H,9-12H2,1-3H3/t13-,15+,16+,17-,18-/m0/s1. The predicted octanol–water partition coefficient (Wildman–Crippen LogP) is 4.06. The molecule has 1 N–H and O–H groups in total. The fourth-order valence-electron chi connectivity index (χ4n) is 4.17. The molecule has 0 aromatic heterocycles. The van der Waals surface area contributed by atoms with Crippen LogP contribution in [0.3, 0.4) is 0 Å². The average Bonchev–Trinajstić information content (AvgIpc) is 2.52. The van der Waals surface area contributed by atoms with Crippen LogP contribution in [0.5, 0.6) is 0 Å². The van der Waals surface area contributed by atoms with E-state index in [0.717, 1.165) is 12.8 Å². The smallest absolute Gasteiger partial charge is 0.122 e. The molecule has 0 unspecified atom stereocenters. The normalized spacial score (nSPS) is 40.8. The Balaban J connectivity index is 1.95. The Morgan fingerprint density at radius 3 is 2.57 bits per heavy atom. The molecule has 0 spiro atoms. The number of fused-ring (bicyclic) bond motifs is 1. The van der Waals surface area contributed by atoms with Crippen LogP contribution in [0.2, 0.25) is 0 Å². The number of piperidine rings is 2. The molecule has 0 saturated carbocycles. The highest BCUT2D eigenvalue weighted by Crippen LogP contribution is 2.48. The first-order chi connectivity index (χ1) is 10.1. The van der Waals surface area contributed by atoms with Crippen LogP contribution in [0.15, 0.2) is 30.3 Å². The lowest BCUT2D eigenvalue weighted by Crippen LogP contribution is -2.61. The van der Waals surface area contributed by atoms with Gasteiger partial charge in [-0.25, -0.2) is 0 Å². The van der Waals surface area contributed by atoms with Gasteiger partial charge in [-0.1, -0.05) is 37.3 Å². The molecule has 1 aromatic carbocycles. The molecule has 3 heteroatoms. The van der Waals surface area contributed by atoms with Gasteiger partial charge in [-0.05, 0) is 50.3 Å². The summed E-state index contributed by atoms with van der Waals surface area (Å²) in [5, 5.41) is 11.1. The van der Waals surface area contributed by atoms with Crippen molar-refractivity contribution in [3.63, 3.8) is 0 Å². The predicted molar refractivity (Wildman–Crippen MR) is 90.4 cm³/mol. The molecule has 0 radical (unpaired) electrons. The summed E-state index contributed by atoms with van der Waals surface area (Å²) < 4.78 is -0.0411. The van der Waals surface area contributed by atoms with Crippen molar-refractivity contribution in [2.24, 2.45) is 5.92 Å². The van der Waals surface area contributed by atoms with Crippen molar-refractivity contribution >= 4 is 11.8 Å². The van der Waals surface area contributed by atoms with Crippen LogP contribution in [0.25, 0.3) is 0 Å². The van der Waals surface area contributed by atoms with E-state index in [1.54, 1.807) is 0 Å². The molecule has 116 valence electrons. The average molecular weight is 305 g/mol. The van der Waals surface area contributed by atoms with Crippen molar-refractivity contribution in [3.8, 4) is 0 Å². The van der Waals surface area contributed by atoms with E-state index >= 15 is 0 Å². The van der Waals surface area contributed by atoms with Gasteiger partial charge in [-0.3, -0.25) is 4.90 Å². The molecule has 2 aliphatic rings. The van der Waals surface area contributed by atoms with Crippen LogP contribution in [0.1, 0.15) is 51.1 Å². The van der Waals surface area contributed by atoms with Gasteiger partial charge in [0.15, 0.2) is 0 Å². The monoisotopic (exact) mass is 305 g/mol. The molecular weight excluding hydrogens is 278 g/mol. The van der Waals surface area contributed by atoms with Gasteiger partial charge in [0.1, 0.15) is 6.23 Å². The summed E-state index contributed by atoms with van der Waals surface area (Å²) >= 11 is 1.82. The maximum Gasteiger partial charge on any atom is 0.122 e. The molecule has 5 atom stereocenters. The topological polar surface area (TPSA) is 23.5 Å². The zero-order valence-electron chi connectivity index (χ0n) is 13.3. The van der Waals surface area contributed by atoms with Crippen molar-refractivity contribution in [2.45, 2.75) is 62.6 Å². The fraction of sp³-hybridized carbons (Fsp3) is 0.667. The SMILES string of the molecule is CS[C@@]1(C)CC[C@@H]2[C@@H](C)CC[C@H](c3ccccc3)N2[C@H]1O. The number of rotatable bonds is 2. The maximum atomic E-state index is 11.1. The second-order valence-corrected chi connectivity index (χ2v) is 8.27. The van der Waals surface area contributed by atoms with Gasteiger partial charge in [0.25, 0.3) is 0 Å². The Kier molecular flexibility index (Phi) is 4.35. The molecule has 2 heterocycles. The van der Waals surface area contributed by atoms with Crippen LogP contribution in [-0.4, -0.2) is 33.3 Å². The maximum absolute atomic E-state index is 11.1. The molecule has 2 fully saturated rings. The summed E-state index contributed by atoms with van der Waals surface area (Å²) in [6.45, 7) is 4.58. The lowest BCUT2D eigenvalue weighted by molar-refractivity contribution is -0.132. The molecule has 2 aliphatic heterocycles. The van der Waals surface area contributed by atoms with Crippen molar-refractivity contribution in [2.75, 3.05) is 6.26 Å². The third-order valence-electron chi connectivity index (χ3n) is 5.71. The van der Waals surface area contributed by atoms with Crippen LogP contribution >= 0.6 is 11.8 Å². The number of thioether (sulfide) groups is 1. The first kappa shape index (κ1) is 15.4. The van der Waals surface area contributed by atoms with Gasteiger partial charge in [0, 0.05) is 12.1 Å². The van der Waals surface area contributed by atoms with Gasteiger partial charge in [0.2, 0.25) is 0 Å². The lowest BCUT2D eigenvalue weighted by Gasteiger charge is -2.56. The second-order valence-electron chi connectivity index (χ2n) is 6.92. The number of aliphatic hydroxyl groups excluding tert-OH is 1. The van der Waals surface area contributed by atoms with E-state index in [4.69, 9.17) is 0 Å². The highest BCUT2D eigenvalue weighted by atomic mass is 32.2. The number of benzene rings is 1. The Hall–Kier alpha value is -0.510. The fourth-order valence-corrected chi connectivity index (χ4v) is 4.83. The first-order valence-electron chi connectivity index (χ1n) is 8.12. The summed E-state index contributed by atoms with van der Waals surface area (Å²) in [7, 11) is 0. The zero-order chi connectivity index (χ0) is 15.0. The van der Waals surface area contributed by atoms with Crippen LogP contribution in [0, 0.1) is 5.92 Å². The summed E-state index contributed by atoms with van der Waals surface area (Å²) in [5.41, 5.74) is 1.36. The van der Waals surface area contributed by atoms with E-state index in [2.05, 4.69) is 55.3 Å². The molecule has 3 rings (SSSR count). The van der Waals surface area contributed by atoms with Crippen molar-refractivity contribution < 1.29 is 5.11 Å². The minimum atomic E-state index is -0.348. The van der Waals surface area contributed by atoms with Gasteiger partial charge >= 0.3 is 0 Å². The lowest BCUT2D eigenvalue weighted by atomic mass is 9.77. The quantitative estimate of drug-likeness (QED) is 0.891. The summed E-state index contributed by atoms with van der Waals surface area (Å²) in [4.78, 5) is 2.43. The van der Waals surface area contributed by atoms with E-state index in [0.29, 0.717) is 18.0 Å². The molecule has 1 aromatic rings. The largest absolute Gasteiger partial charge is 0.377 e. The minimum absolute atomic E-state index is 0.0411. The first-order valence-corrected chi connectivity index (χ1v) is 9.35. The van der Waals surface area contributed by atoms with Gasteiger partial charge < -0.3 is 5.11 Å². The van der Waals surface area contributed by atoms with Crippen LogP contribution in [0.4, 0.5) is 0 Å². The number of nitrogens with zero attached hydrogens (tertiary/aromatic N) is 1. The van der Waals surface area contributed by atoms with Crippen LogP contribution < -0.4 is 0 Å². The third-order valence-corrected chi connectivity index (χ3v) is 7.06. The van der Waals surface area contributed by atoms with E-state index in [1.165, 1.54) is 18.4 Å². The third kappa shape index (κ3) is 2.64. The Morgan fingerprint density at radius 1 is 1.19 bits per heavy atom. The van der Waals surface area contributed by atoms with E-state index in [1.807, 2.05) is 11.8 Å². The van der Waals surface area contributed by atoms with E-state index < -0.39 is 0 Å². The molecule has 21 heavy (non-hydrogen) atoms.